The average molecular weight is 487 g/mol. The van der Waals surface area contributed by atoms with Crippen LogP contribution in [0.2, 0.25) is 0 Å². The molecule has 2 fully saturated rings. The number of benzene rings is 1. The molecule has 35 heavy (non-hydrogen) atoms. The van der Waals surface area contributed by atoms with Crippen molar-refractivity contribution in [3.05, 3.63) is 42.2 Å². The first-order chi connectivity index (χ1) is 16.8. The number of anilines is 3. The number of fused-ring (bicyclic) bond motifs is 1. The zero-order valence-corrected chi connectivity index (χ0v) is 18.8. The largest absolute Gasteiger partial charge is 0.453 e. The van der Waals surface area contributed by atoms with E-state index in [9.17, 15) is 22.8 Å². The summed E-state index contributed by atoms with van der Waals surface area (Å²) in [6, 6.07) is 10.3. The van der Waals surface area contributed by atoms with E-state index in [1.54, 1.807) is 17.0 Å². The molecule has 2 aromatic heterocycles. The fraction of sp³-hybridized carbons (Fsp3) is 0.435. The van der Waals surface area contributed by atoms with Gasteiger partial charge in [0.1, 0.15) is 5.82 Å². The Balaban J connectivity index is 1.22. The predicted molar refractivity (Wildman–Crippen MR) is 122 cm³/mol. The van der Waals surface area contributed by atoms with Crippen molar-refractivity contribution in [2.75, 3.05) is 34.8 Å². The second-order valence-corrected chi connectivity index (χ2v) is 8.79. The number of carbonyl (C=O) groups is 2. The van der Waals surface area contributed by atoms with Crippen molar-refractivity contribution in [2.45, 2.75) is 38.3 Å². The van der Waals surface area contributed by atoms with Crippen LogP contribution in [0, 0.1) is 5.92 Å². The molecule has 0 aliphatic carbocycles. The lowest BCUT2D eigenvalue weighted by Crippen LogP contribution is -2.39. The molecule has 0 atom stereocenters. The number of alkyl halides is 3. The molecular formula is C23H24F3N7O2. The molecule has 2 saturated heterocycles. The molecule has 184 valence electrons. The number of rotatable bonds is 4. The Morgan fingerprint density at radius 3 is 2.57 bits per heavy atom. The molecule has 2 aliphatic heterocycles. The van der Waals surface area contributed by atoms with Gasteiger partial charge in [0.05, 0.1) is 0 Å². The van der Waals surface area contributed by atoms with Gasteiger partial charge in [0.25, 0.3) is 5.82 Å². The molecule has 0 bridgehead atoms. The lowest BCUT2D eigenvalue weighted by Gasteiger charge is -2.32. The van der Waals surface area contributed by atoms with Crippen LogP contribution in [0.5, 0.6) is 0 Å². The fourth-order valence-corrected chi connectivity index (χ4v) is 4.57. The van der Waals surface area contributed by atoms with Crippen molar-refractivity contribution < 1.29 is 22.8 Å². The van der Waals surface area contributed by atoms with E-state index in [1.165, 1.54) is 6.07 Å². The Hall–Kier alpha value is -3.70. The van der Waals surface area contributed by atoms with E-state index in [1.807, 2.05) is 23.1 Å². The van der Waals surface area contributed by atoms with E-state index in [4.69, 9.17) is 0 Å². The van der Waals surface area contributed by atoms with Crippen molar-refractivity contribution in [3.8, 4) is 0 Å². The summed E-state index contributed by atoms with van der Waals surface area (Å²) in [4.78, 5) is 28.7. The summed E-state index contributed by atoms with van der Waals surface area (Å²) in [5.41, 5.74) is 1.42. The first-order valence-electron chi connectivity index (χ1n) is 11.6. The number of amides is 2. The number of nitrogens with one attached hydrogen (secondary N) is 1. The third-order valence-electron chi connectivity index (χ3n) is 6.44. The van der Waals surface area contributed by atoms with E-state index >= 15 is 0 Å². The molecule has 1 N–H and O–H groups in total. The molecule has 3 aromatic rings. The molecular weight excluding hydrogens is 463 g/mol. The highest BCUT2D eigenvalue weighted by Gasteiger charge is 2.38. The highest BCUT2D eigenvalue weighted by atomic mass is 19.4. The second kappa shape index (κ2) is 9.16. The van der Waals surface area contributed by atoms with Crippen molar-refractivity contribution in [1.29, 1.82) is 0 Å². The van der Waals surface area contributed by atoms with Gasteiger partial charge in [0.15, 0.2) is 5.65 Å². The smallest absolute Gasteiger partial charge is 0.355 e. The van der Waals surface area contributed by atoms with Gasteiger partial charge < -0.3 is 15.1 Å². The number of hydrogen-bond donors (Lipinski definition) is 1. The number of carbonyl (C=O) groups excluding carboxylic acids is 2. The summed E-state index contributed by atoms with van der Waals surface area (Å²) >= 11 is 0. The minimum Gasteiger partial charge on any atom is -0.355 e. The van der Waals surface area contributed by atoms with Gasteiger partial charge >= 0.3 is 6.18 Å². The van der Waals surface area contributed by atoms with E-state index in [-0.39, 0.29) is 23.4 Å². The van der Waals surface area contributed by atoms with Gasteiger partial charge in [-0.15, -0.1) is 15.3 Å². The molecule has 4 heterocycles. The molecule has 1 aromatic carbocycles. The number of nitrogens with zero attached hydrogens (tertiary/aromatic N) is 6. The molecule has 2 amide bonds. The van der Waals surface area contributed by atoms with E-state index in [2.05, 4.69) is 20.6 Å². The van der Waals surface area contributed by atoms with Crippen LogP contribution in [-0.2, 0) is 15.8 Å². The fourth-order valence-electron chi connectivity index (χ4n) is 4.57. The highest BCUT2D eigenvalue weighted by molar-refractivity contribution is 5.96. The normalized spacial score (nSPS) is 17.7. The Labute approximate surface area is 198 Å². The van der Waals surface area contributed by atoms with Gasteiger partial charge in [-0.1, -0.05) is 6.07 Å². The van der Waals surface area contributed by atoms with Gasteiger partial charge in [-0.25, -0.2) is 0 Å². The SMILES string of the molecule is O=C(Nc1cccc(N2CCCCC2=O)c1)C1CCN(c2ccc3nnc(C(F)(F)F)n3n2)CC1. The third kappa shape index (κ3) is 4.77. The van der Waals surface area contributed by atoms with Gasteiger partial charge in [-0.2, -0.15) is 17.7 Å². The zero-order valence-electron chi connectivity index (χ0n) is 18.8. The maximum atomic E-state index is 13.2. The Kier molecular flexibility index (Phi) is 6.03. The maximum absolute atomic E-state index is 13.2. The first kappa shape index (κ1) is 23.1. The highest BCUT2D eigenvalue weighted by Crippen LogP contribution is 2.29. The van der Waals surface area contributed by atoms with Crippen LogP contribution in [0.3, 0.4) is 0 Å². The molecule has 5 rings (SSSR count). The van der Waals surface area contributed by atoms with Crippen LogP contribution in [0.25, 0.3) is 5.65 Å². The van der Waals surface area contributed by atoms with Gasteiger partial charge in [-0.05, 0) is 56.0 Å². The van der Waals surface area contributed by atoms with Crippen molar-refractivity contribution >= 4 is 34.7 Å². The van der Waals surface area contributed by atoms with E-state index < -0.39 is 12.0 Å². The Bertz CT molecular complexity index is 1250. The standard InChI is InChI=1S/C23H24F3N7O2/c24-23(25,26)22-29-28-18-7-8-19(30-33(18)22)31-12-9-15(10-13-31)21(35)27-16-4-3-5-17(14-16)32-11-2-1-6-20(32)34/h3-5,7-8,14-15H,1-2,6,9-13H2,(H,27,35). The maximum Gasteiger partial charge on any atom is 0.453 e. The Morgan fingerprint density at radius 1 is 1.03 bits per heavy atom. The molecule has 0 radical (unpaired) electrons. The first-order valence-corrected chi connectivity index (χ1v) is 11.6. The Morgan fingerprint density at radius 2 is 1.83 bits per heavy atom. The van der Waals surface area contributed by atoms with Crippen LogP contribution in [0.15, 0.2) is 36.4 Å². The van der Waals surface area contributed by atoms with Crippen LogP contribution in [0.4, 0.5) is 30.4 Å². The molecule has 0 spiro atoms. The van der Waals surface area contributed by atoms with E-state index in [0.29, 0.717) is 54.9 Å². The van der Waals surface area contributed by atoms with Gasteiger partial charge in [-0.3, -0.25) is 9.59 Å². The summed E-state index contributed by atoms with van der Waals surface area (Å²) < 4.78 is 40.2. The van der Waals surface area contributed by atoms with Crippen LogP contribution >= 0.6 is 0 Å². The summed E-state index contributed by atoms with van der Waals surface area (Å²) in [6.45, 7) is 1.62. The monoisotopic (exact) mass is 487 g/mol. The van der Waals surface area contributed by atoms with E-state index in [0.717, 1.165) is 18.5 Å². The van der Waals surface area contributed by atoms with Crippen LogP contribution < -0.4 is 15.1 Å². The summed E-state index contributed by atoms with van der Waals surface area (Å²) in [5.74, 6) is -1.06. The molecule has 12 heteroatoms. The van der Waals surface area contributed by atoms with Crippen LogP contribution in [-0.4, -0.2) is 51.3 Å². The number of aromatic nitrogens is 4. The van der Waals surface area contributed by atoms with Gasteiger partial charge in [0.2, 0.25) is 11.8 Å². The predicted octanol–water partition coefficient (Wildman–Crippen LogP) is 3.52. The lowest BCUT2D eigenvalue weighted by molar-refractivity contribution is -0.146. The van der Waals surface area contributed by atoms with Crippen LogP contribution in [0.1, 0.15) is 37.9 Å². The minimum atomic E-state index is -4.66. The third-order valence-corrected chi connectivity index (χ3v) is 6.44. The minimum absolute atomic E-state index is 0.0174. The summed E-state index contributed by atoms with van der Waals surface area (Å²) in [7, 11) is 0. The topological polar surface area (TPSA) is 95.7 Å². The molecule has 0 unspecified atom stereocenters. The second-order valence-electron chi connectivity index (χ2n) is 8.79. The zero-order chi connectivity index (χ0) is 24.6. The number of piperidine rings is 2. The quantitative estimate of drug-likeness (QED) is 0.605. The average Bonchev–Trinajstić information content (AvgIpc) is 3.29. The van der Waals surface area contributed by atoms with Crippen molar-refractivity contribution in [3.63, 3.8) is 0 Å². The molecule has 9 nitrogen and oxygen atoms in total. The van der Waals surface area contributed by atoms with Crippen molar-refractivity contribution in [1.82, 2.24) is 19.8 Å². The summed E-state index contributed by atoms with van der Waals surface area (Å²) in [6.07, 6.45) is -1.21. The van der Waals surface area contributed by atoms with Crippen molar-refractivity contribution in [2.24, 2.45) is 5.92 Å². The lowest BCUT2D eigenvalue weighted by atomic mass is 9.95. The molecule has 2 aliphatic rings. The number of halogens is 3. The summed E-state index contributed by atoms with van der Waals surface area (Å²) in [5, 5.41) is 13.8. The number of hydrogen-bond acceptors (Lipinski definition) is 6. The molecule has 0 saturated carbocycles. The van der Waals surface area contributed by atoms with Gasteiger partial charge in [0, 0.05) is 43.3 Å².